The molecular weight excluding hydrogens is 458 g/mol. The van der Waals surface area contributed by atoms with Crippen LogP contribution < -0.4 is 5.32 Å². The van der Waals surface area contributed by atoms with Gasteiger partial charge in [0, 0.05) is 0 Å². The SMILES string of the molecule is O[C-]=[W].[CH-]=C[C](=[W])NC. The molecule has 9 heavy (non-hydrogen) atoms. The minimum atomic E-state index is 0.977. The first-order valence-corrected chi connectivity index (χ1v) is 4.94. The van der Waals surface area contributed by atoms with Gasteiger partial charge in [0.2, 0.25) is 0 Å². The first kappa shape index (κ1) is 12.5. The Labute approximate surface area is 77.2 Å². The van der Waals surface area contributed by atoms with Gasteiger partial charge in [0.05, 0.1) is 0 Å². The van der Waals surface area contributed by atoms with Crippen molar-refractivity contribution in [1.82, 2.24) is 5.32 Å². The quantitative estimate of drug-likeness (QED) is 0.536. The van der Waals surface area contributed by atoms with Gasteiger partial charge in [0.1, 0.15) is 0 Å². The van der Waals surface area contributed by atoms with Gasteiger partial charge >= 0.3 is 77.4 Å². The van der Waals surface area contributed by atoms with Gasteiger partial charge in [-0.25, -0.2) is 0 Å². The third-order valence-corrected chi connectivity index (χ3v) is 1.62. The van der Waals surface area contributed by atoms with Crippen molar-refractivity contribution >= 4 is 8.61 Å². The number of hydrogen-bond donors (Lipinski definition) is 2. The molecule has 0 aliphatic carbocycles. The average Bonchev–Trinajstić information content (AvgIpc) is 1.88. The Morgan fingerprint density at radius 1 is 1.89 bits per heavy atom. The van der Waals surface area contributed by atoms with E-state index in [0.29, 0.717) is 0 Å². The van der Waals surface area contributed by atoms with Gasteiger partial charge in [0.15, 0.2) is 0 Å². The molecule has 2 N–H and O–H groups in total. The first-order chi connectivity index (χ1) is 4.22. The fourth-order valence-corrected chi connectivity index (χ4v) is 0.0833. The molecule has 0 aromatic heterocycles. The number of hydrogen-bond acceptors (Lipinski definition) is 2. The summed E-state index contributed by atoms with van der Waals surface area (Å²) in [5.74, 6) is 0. The van der Waals surface area contributed by atoms with Gasteiger partial charge in [-0.2, -0.15) is 0 Å². The number of nitrogens with one attached hydrogen (secondary N) is 1. The van der Waals surface area contributed by atoms with Crippen molar-refractivity contribution in [3.05, 3.63) is 12.7 Å². The van der Waals surface area contributed by atoms with E-state index in [1.165, 1.54) is 19.4 Å². The second kappa shape index (κ2) is 11.6. The second-order valence-corrected chi connectivity index (χ2v) is 3.11. The predicted octanol–water partition coefficient (Wildman–Crippen LogP) is -0.586. The standard InChI is InChI=1S/C4H6N.CHO.2W/c1-3-4-5-2;1-2;;/h1,3,5H,2H3;2H;;/q2*-1;;. The summed E-state index contributed by atoms with van der Waals surface area (Å²) in [6.45, 7) is 5.08. The van der Waals surface area contributed by atoms with Gasteiger partial charge in [-0.05, 0) is 0 Å². The van der Waals surface area contributed by atoms with Crippen LogP contribution in [0.2, 0.25) is 0 Å². The average molecular weight is 465 g/mol. The van der Waals surface area contributed by atoms with Gasteiger partial charge in [-0.1, -0.05) is 0 Å². The van der Waals surface area contributed by atoms with E-state index in [4.69, 9.17) is 11.7 Å². The molecule has 4 heteroatoms. The molecule has 0 spiro atoms. The summed E-state index contributed by atoms with van der Waals surface area (Å²) in [4.78, 5) is 0. The number of aliphatic hydroxyl groups excluding tert-OH is 1. The van der Waals surface area contributed by atoms with Crippen LogP contribution in [0.4, 0.5) is 0 Å². The minimum absolute atomic E-state index is 0.977. The molecule has 0 aromatic rings. The van der Waals surface area contributed by atoms with E-state index in [1.54, 1.807) is 6.08 Å². The van der Waals surface area contributed by atoms with Crippen LogP contribution in [0.1, 0.15) is 0 Å². The topological polar surface area (TPSA) is 32.3 Å². The summed E-state index contributed by atoms with van der Waals surface area (Å²) in [7, 11) is 1.85. The summed E-state index contributed by atoms with van der Waals surface area (Å²) in [6.07, 6.45) is 1.56. The zero-order valence-electron chi connectivity index (χ0n) is 4.92. The van der Waals surface area contributed by atoms with Crippen molar-refractivity contribution in [3.63, 3.8) is 0 Å². The first-order valence-electron chi connectivity index (χ1n) is 2.00. The summed E-state index contributed by atoms with van der Waals surface area (Å²) in [5, 5.41) is 10.2. The molecule has 2 nitrogen and oxygen atoms in total. The zero-order chi connectivity index (χ0) is 7.70. The Kier molecular flexibility index (Phi) is 16.0. The van der Waals surface area contributed by atoms with E-state index in [9.17, 15) is 0 Å². The summed E-state index contributed by atoms with van der Waals surface area (Å²) in [5.41, 5.74) is 0. The third kappa shape index (κ3) is 17.7. The van der Waals surface area contributed by atoms with E-state index >= 15 is 0 Å². The van der Waals surface area contributed by atoms with Crippen LogP contribution >= 0.6 is 0 Å². The molecule has 0 saturated heterocycles. The van der Waals surface area contributed by atoms with Crippen molar-refractivity contribution in [3.8, 4) is 0 Å². The predicted molar refractivity (Wildman–Crippen MR) is 29.9 cm³/mol. The molecular formula is C5H7NOW2-2. The molecule has 0 atom stereocenters. The molecule has 0 aromatic carbocycles. The van der Waals surface area contributed by atoms with Crippen LogP contribution in [-0.2, 0) is 38.7 Å². The molecule has 0 amide bonds. The van der Waals surface area contributed by atoms with Crippen LogP contribution in [0.15, 0.2) is 6.08 Å². The number of rotatable bonds is 2. The van der Waals surface area contributed by atoms with E-state index in [-0.39, 0.29) is 0 Å². The molecule has 0 heterocycles. The maximum atomic E-state index is 7.36. The normalized spacial score (nSPS) is 6.44. The van der Waals surface area contributed by atoms with E-state index in [2.05, 4.69) is 5.32 Å². The third-order valence-electron chi connectivity index (χ3n) is 0.398. The van der Waals surface area contributed by atoms with E-state index < -0.39 is 0 Å². The van der Waals surface area contributed by atoms with Crippen LogP contribution in [0, 0.1) is 6.58 Å². The van der Waals surface area contributed by atoms with Gasteiger partial charge in [-0.3, -0.25) is 0 Å². The fraction of sp³-hybridized carbons (Fsp3) is 0.200. The van der Waals surface area contributed by atoms with Crippen molar-refractivity contribution in [1.29, 1.82) is 0 Å². The fourth-order valence-electron chi connectivity index (χ4n) is 0.0833. The van der Waals surface area contributed by atoms with Gasteiger partial charge < -0.3 is 0 Å². The van der Waals surface area contributed by atoms with Crippen LogP contribution in [0.3, 0.4) is 0 Å². The maximum absolute atomic E-state index is 7.36. The van der Waals surface area contributed by atoms with E-state index in [0.717, 1.165) is 23.4 Å². The Balaban J connectivity index is 0. The molecule has 0 radical (unpaired) electrons. The summed E-state index contributed by atoms with van der Waals surface area (Å²) in [6, 6.07) is 0. The Bertz CT molecular complexity index is 103. The van der Waals surface area contributed by atoms with Crippen LogP contribution in [0.5, 0.6) is 0 Å². The Morgan fingerprint density at radius 3 is 2.22 bits per heavy atom. The summed E-state index contributed by atoms with van der Waals surface area (Å²) >= 11 is 2.35. The molecule has 0 fully saturated rings. The zero-order valence-corrected chi connectivity index (χ0v) is 10.8. The van der Waals surface area contributed by atoms with Gasteiger partial charge in [0.25, 0.3) is 0 Å². The summed E-state index contributed by atoms with van der Waals surface area (Å²) < 4.78 is 2.91. The molecule has 52 valence electrons. The molecule has 0 saturated carbocycles. The van der Waals surface area contributed by atoms with Gasteiger partial charge in [-0.15, -0.1) is 0 Å². The number of aliphatic hydroxyl groups is 1. The monoisotopic (exact) mass is 465 g/mol. The van der Waals surface area contributed by atoms with Crippen LogP contribution in [-0.4, -0.2) is 20.8 Å². The second-order valence-electron chi connectivity index (χ2n) is 0.872. The molecule has 0 aliphatic rings. The molecule has 0 bridgehead atoms. The molecule has 0 unspecified atom stereocenters. The number of likely N-dealkylation sites (N-methyl/N-ethyl adjacent to an activating group) is 1. The Hall–Kier alpha value is 0.777. The molecule has 0 rings (SSSR count). The van der Waals surface area contributed by atoms with Crippen molar-refractivity contribution < 1.29 is 43.8 Å². The molecule has 0 aliphatic heterocycles. The van der Waals surface area contributed by atoms with Crippen molar-refractivity contribution in [2.24, 2.45) is 0 Å². The van der Waals surface area contributed by atoms with Crippen molar-refractivity contribution in [2.45, 2.75) is 0 Å². The van der Waals surface area contributed by atoms with Crippen molar-refractivity contribution in [2.75, 3.05) is 7.05 Å². The Morgan fingerprint density at radius 2 is 2.22 bits per heavy atom. The van der Waals surface area contributed by atoms with Crippen LogP contribution in [0.25, 0.3) is 0 Å². The van der Waals surface area contributed by atoms with E-state index in [1.807, 2.05) is 11.6 Å².